The molecule has 0 fully saturated rings. The van der Waals surface area contributed by atoms with Crippen LogP contribution in [0, 0.1) is 0 Å². The van der Waals surface area contributed by atoms with Gasteiger partial charge >= 0.3 is 0 Å². The Labute approximate surface area is 102 Å². The maximum Gasteiger partial charge on any atom is 0.267 e. The summed E-state index contributed by atoms with van der Waals surface area (Å²) in [6, 6.07) is 0. The third kappa shape index (κ3) is 2.77. The molecule has 0 aliphatic rings. The monoisotopic (exact) mass is 339 g/mol. The summed E-state index contributed by atoms with van der Waals surface area (Å²) in [5, 5.41) is -0.471. The number of nitrogens with zero attached hydrogens (tertiary/aromatic N) is 1. The smallest absolute Gasteiger partial charge is 0.243 e. The molecule has 1 rings (SSSR count). The van der Waals surface area contributed by atoms with Gasteiger partial charge in [0.05, 0.1) is 10.0 Å². The van der Waals surface area contributed by atoms with E-state index in [-0.39, 0.29) is 4.47 Å². The second-order valence-corrected chi connectivity index (χ2v) is 6.06. The normalized spacial score (nSPS) is 12.1. The van der Waals surface area contributed by atoms with Crippen LogP contribution in [0.1, 0.15) is 12.0 Å². The van der Waals surface area contributed by atoms with Crippen molar-refractivity contribution in [3.05, 3.63) is 21.4 Å². The zero-order valence-electron chi connectivity index (χ0n) is 6.72. The number of hydrogen-bond acceptors (Lipinski definition) is 3. The Balaban J connectivity index is 3.56. The lowest BCUT2D eigenvalue weighted by Crippen LogP contribution is -1.99. The van der Waals surface area contributed by atoms with E-state index in [1.54, 1.807) is 0 Å². The second kappa shape index (κ2) is 4.48. The summed E-state index contributed by atoms with van der Waals surface area (Å²) in [5.74, 6) is 0. The highest BCUT2D eigenvalue weighted by Crippen LogP contribution is 2.37. The molecule has 0 atom stereocenters. The Morgan fingerprint density at radius 3 is 2.40 bits per heavy atom. The summed E-state index contributed by atoms with van der Waals surface area (Å²) >= 11 is 8.09. The minimum atomic E-state index is -4.14. The lowest BCUT2D eigenvalue weighted by molar-refractivity contribution is 0.150. The molecule has 0 unspecified atom stereocenters. The topological polar surface area (TPSA) is 47.0 Å². The van der Waals surface area contributed by atoms with E-state index in [0.29, 0.717) is 0 Å². The van der Waals surface area contributed by atoms with E-state index in [9.17, 15) is 17.2 Å². The maximum absolute atomic E-state index is 12.5. The predicted molar refractivity (Wildman–Crippen MR) is 54.9 cm³/mol. The first-order chi connectivity index (χ1) is 6.75. The van der Waals surface area contributed by atoms with Gasteiger partial charge in [-0.2, -0.15) is 0 Å². The van der Waals surface area contributed by atoms with Crippen molar-refractivity contribution in [3.8, 4) is 0 Å². The summed E-state index contributed by atoms with van der Waals surface area (Å²) < 4.78 is 46.5. The van der Waals surface area contributed by atoms with Crippen molar-refractivity contribution in [2.75, 3.05) is 0 Å². The largest absolute Gasteiger partial charge is 0.267 e. The van der Waals surface area contributed by atoms with E-state index in [4.69, 9.17) is 22.3 Å². The Morgan fingerprint density at radius 1 is 1.47 bits per heavy atom. The highest BCUT2D eigenvalue weighted by atomic mass is 79.9. The molecule has 0 spiro atoms. The lowest BCUT2D eigenvalue weighted by Gasteiger charge is -2.07. The van der Waals surface area contributed by atoms with Crippen LogP contribution < -0.4 is 0 Å². The van der Waals surface area contributed by atoms with Crippen molar-refractivity contribution >= 4 is 47.3 Å². The van der Waals surface area contributed by atoms with Crippen LogP contribution in [0.2, 0.25) is 5.15 Å². The minimum absolute atomic E-state index is 0.368. The summed E-state index contributed by atoms with van der Waals surface area (Å²) in [7, 11) is 0.872. The van der Waals surface area contributed by atoms with Gasteiger partial charge in [-0.05, 0) is 15.9 Å². The van der Waals surface area contributed by atoms with Crippen LogP contribution in [-0.4, -0.2) is 13.4 Å². The fourth-order valence-corrected chi connectivity index (χ4v) is 3.40. The highest BCUT2D eigenvalue weighted by molar-refractivity contribution is 9.10. The van der Waals surface area contributed by atoms with Crippen molar-refractivity contribution in [3.63, 3.8) is 0 Å². The molecule has 0 saturated carbocycles. The van der Waals surface area contributed by atoms with Gasteiger partial charge in [0.25, 0.3) is 15.5 Å². The fourth-order valence-electron chi connectivity index (χ4n) is 0.821. The van der Waals surface area contributed by atoms with Crippen LogP contribution in [-0.2, 0) is 9.05 Å². The number of aromatic nitrogens is 1. The van der Waals surface area contributed by atoms with Crippen LogP contribution in [0.25, 0.3) is 0 Å². The van der Waals surface area contributed by atoms with Gasteiger partial charge in [0.1, 0.15) is 10.0 Å². The first kappa shape index (κ1) is 13.1. The van der Waals surface area contributed by atoms with Gasteiger partial charge in [0, 0.05) is 16.9 Å². The zero-order valence-corrected chi connectivity index (χ0v) is 10.6. The molecular weight excluding hydrogens is 339 g/mol. The van der Waals surface area contributed by atoms with Crippen molar-refractivity contribution in [1.29, 1.82) is 0 Å². The zero-order chi connectivity index (χ0) is 11.8. The molecule has 1 aromatic rings. The van der Waals surface area contributed by atoms with E-state index in [1.165, 1.54) is 0 Å². The van der Waals surface area contributed by atoms with Crippen LogP contribution in [0.15, 0.2) is 15.6 Å². The molecule has 1 aromatic heterocycles. The van der Waals surface area contributed by atoms with E-state index in [2.05, 4.69) is 20.9 Å². The molecule has 0 N–H and O–H groups in total. The molecule has 1 heterocycles. The molecule has 0 aliphatic heterocycles. The second-order valence-electron chi connectivity index (χ2n) is 2.38. The van der Waals surface area contributed by atoms with Gasteiger partial charge in [-0.1, -0.05) is 11.6 Å². The lowest BCUT2D eigenvalue weighted by atomic mass is 10.3. The number of pyridine rings is 1. The van der Waals surface area contributed by atoms with Crippen LogP contribution in [0.3, 0.4) is 0 Å². The van der Waals surface area contributed by atoms with Crippen molar-refractivity contribution < 1.29 is 17.2 Å². The molecule has 0 amide bonds. The first-order valence-electron chi connectivity index (χ1n) is 3.32. The van der Waals surface area contributed by atoms with Gasteiger partial charge < -0.3 is 0 Å². The molecule has 9 heteroatoms. The van der Waals surface area contributed by atoms with Crippen LogP contribution in [0.5, 0.6) is 0 Å². The van der Waals surface area contributed by atoms with Crippen LogP contribution in [0.4, 0.5) is 8.78 Å². The summed E-state index contributed by atoms with van der Waals surface area (Å²) in [6.07, 6.45) is -2.14. The maximum atomic E-state index is 12.5. The van der Waals surface area contributed by atoms with Crippen molar-refractivity contribution in [1.82, 2.24) is 4.98 Å². The number of halogens is 5. The molecule has 3 nitrogen and oxygen atoms in total. The molecule has 0 aromatic carbocycles. The summed E-state index contributed by atoms with van der Waals surface area (Å²) in [6.45, 7) is 0. The van der Waals surface area contributed by atoms with E-state index < -0.39 is 31.1 Å². The highest BCUT2D eigenvalue weighted by Gasteiger charge is 2.24. The van der Waals surface area contributed by atoms with Crippen molar-refractivity contribution in [2.24, 2.45) is 0 Å². The fraction of sp³-hybridized carbons (Fsp3) is 0.167. The Hall–Kier alpha value is 0.0200. The van der Waals surface area contributed by atoms with Gasteiger partial charge in [0.2, 0.25) is 0 Å². The summed E-state index contributed by atoms with van der Waals surface area (Å²) in [4.78, 5) is 2.78. The first-order valence-corrected chi connectivity index (χ1v) is 6.80. The van der Waals surface area contributed by atoms with E-state index in [0.717, 1.165) is 6.20 Å². The van der Waals surface area contributed by atoms with Gasteiger partial charge in [-0.3, -0.25) is 0 Å². The Morgan fingerprint density at radius 2 is 2.00 bits per heavy atom. The van der Waals surface area contributed by atoms with Gasteiger partial charge in [0.15, 0.2) is 0 Å². The standard InChI is InChI=1S/C6H2BrCl2F2NO2S/c7-4-2(15(9,13)14)1-12-5(8)3(4)6(10)11/h1,6H. The SMILES string of the molecule is O=S(=O)(Cl)c1cnc(Cl)c(C(F)F)c1Br. The molecular formula is C6H2BrCl2F2NO2S. The summed E-state index contributed by atoms with van der Waals surface area (Å²) in [5.41, 5.74) is -0.696. The third-order valence-corrected chi connectivity index (χ3v) is 4.20. The van der Waals surface area contributed by atoms with Gasteiger partial charge in [-0.25, -0.2) is 22.2 Å². The Kier molecular flexibility index (Phi) is 3.91. The van der Waals surface area contributed by atoms with E-state index in [1.807, 2.05) is 0 Å². The Bertz CT molecular complexity index is 494. The average molecular weight is 341 g/mol. The molecule has 0 radical (unpaired) electrons. The number of alkyl halides is 2. The minimum Gasteiger partial charge on any atom is -0.243 e. The third-order valence-electron chi connectivity index (χ3n) is 1.45. The predicted octanol–water partition coefficient (Wildman–Crippen LogP) is 3.36. The molecule has 0 saturated heterocycles. The van der Waals surface area contributed by atoms with Gasteiger partial charge in [-0.15, -0.1) is 0 Å². The van der Waals surface area contributed by atoms with Crippen molar-refractivity contribution in [2.45, 2.75) is 11.3 Å². The quantitative estimate of drug-likeness (QED) is 0.612. The average Bonchev–Trinajstić information content (AvgIpc) is 2.00. The van der Waals surface area contributed by atoms with E-state index >= 15 is 0 Å². The number of hydrogen-bond donors (Lipinski definition) is 0. The number of rotatable bonds is 2. The molecule has 15 heavy (non-hydrogen) atoms. The molecule has 0 aliphatic carbocycles. The molecule has 84 valence electrons. The molecule has 0 bridgehead atoms. The van der Waals surface area contributed by atoms with Crippen LogP contribution >= 0.6 is 38.2 Å².